The van der Waals surface area contributed by atoms with E-state index in [-0.39, 0.29) is 17.1 Å². The maximum absolute atomic E-state index is 12.5. The maximum Gasteiger partial charge on any atom is 0.573 e. The minimum absolute atomic E-state index is 0.0514. The third-order valence-corrected chi connectivity index (χ3v) is 2.78. The van der Waals surface area contributed by atoms with Crippen LogP contribution in [-0.4, -0.2) is 30.3 Å². The van der Waals surface area contributed by atoms with Gasteiger partial charge in [0, 0.05) is 18.7 Å². The fourth-order valence-electron chi connectivity index (χ4n) is 2.08. The molecular weight excluding hydrogens is 295 g/mol. The number of nitrogens with zero attached hydrogens (tertiary/aromatic N) is 1. The molecule has 1 rings (SSSR count). The van der Waals surface area contributed by atoms with E-state index in [0.29, 0.717) is 18.7 Å². The first-order valence-corrected chi connectivity index (χ1v) is 7.17. The van der Waals surface area contributed by atoms with E-state index in [1.165, 1.54) is 12.1 Å². The van der Waals surface area contributed by atoms with E-state index in [0.717, 1.165) is 18.6 Å². The van der Waals surface area contributed by atoms with Crippen LogP contribution in [-0.2, 0) is 0 Å². The molecule has 3 nitrogen and oxygen atoms in total. The number of halogens is 3. The molecule has 0 saturated heterocycles. The molecular formula is C16H22F3NO2. The topological polar surface area (TPSA) is 29.5 Å². The van der Waals surface area contributed by atoms with Gasteiger partial charge < -0.3 is 9.64 Å². The molecule has 0 radical (unpaired) electrons. The molecule has 0 atom stereocenters. The molecule has 0 saturated carbocycles. The molecule has 0 aromatic heterocycles. The number of carbonyl (C=O) groups excluding carboxylic acids is 1. The number of amides is 1. The Morgan fingerprint density at radius 3 is 2.09 bits per heavy atom. The van der Waals surface area contributed by atoms with Crippen LogP contribution >= 0.6 is 0 Å². The van der Waals surface area contributed by atoms with Gasteiger partial charge in [0.2, 0.25) is 0 Å². The van der Waals surface area contributed by atoms with Crippen molar-refractivity contribution in [3.8, 4) is 5.75 Å². The molecule has 1 aromatic carbocycles. The van der Waals surface area contributed by atoms with Gasteiger partial charge in [0.1, 0.15) is 5.75 Å². The molecule has 0 spiro atoms. The Hall–Kier alpha value is -1.72. The van der Waals surface area contributed by atoms with Crippen molar-refractivity contribution in [2.75, 3.05) is 13.1 Å². The lowest BCUT2D eigenvalue weighted by atomic mass is 9.95. The summed E-state index contributed by atoms with van der Waals surface area (Å²) in [6.07, 6.45) is -3.91. The number of carbonyl (C=O) groups is 1. The van der Waals surface area contributed by atoms with Crippen LogP contribution in [0.5, 0.6) is 5.75 Å². The Bertz CT molecular complexity index is 490. The van der Waals surface area contributed by atoms with Crippen molar-refractivity contribution in [2.24, 2.45) is 5.41 Å². The highest BCUT2D eigenvalue weighted by molar-refractivity contribution is 5.94. The molecule has 0 aliphatic carbocycles. The lowest BCUT2D eigenvalue weighted by Crippen LogP contribution is -2.38. The average molecular weight is 317 g/mol. The van der Waals surface area contributed by atoms with Crippen LogP contribution in [0.1, 0.15) is 44.5 Å². The molecule has 22 heavy (non-hydrogen) atoms. The Morgan fingerprint density at radius 2 is 1.68 bits per heavy atom. The lowest BCUT2D eigenvalue weighted by Gasteiger charge is -2.30. The summed E-state index contributed by atoms with van der Waals surface area (Å²) in [4.78, 5) is 14.2. The fourth-order valence-corrected chi connectivity index (χ4v) is 2.08. The Balaban J connectivity index is 2.86. The smallest absolute Gasteiger partial charge is 0.406 e. The van der Waals surface area contributed by atoms with Crippen molar-refractivity contribution in [2.45, 2.75) is 40.5 Å². The quantitative estimate of drug-likeness (QED) is 0.801. The summed E-state index contributed by atoms with van der Waals surface area (Å²) in [7, 11) is 0. The first-order chi connectivity index (χ1) is 10.0. The van der Waals surface area contributed by atoms with Gasteiger partial charge in [-0.25, -0.2) is 0 Å². The molecule has 1 amide bonds. The molecule has 124 valence electrons. The zero-order valence-corrected chi connectivity index (χ0v) is 13.3. The van der Waals surface area contributed by atoms with Crippen LogP contribution in [0.4, 0.5) is 13.2 Å². The average Bonchev–Trinajstić information content (AvgIpc) is 2.35. The van der Waals surface area contributed by atoms with Crippen molar-refractivity contribution in [3.05, 3.63) is 29.8 Å². The first-order valence-electron chi connectivity index (χ1n) is 7.17. The minimum Gasteiger partial charge on any atom is -0.406 e. The number of hydrogen-bond donors (Lipinski definition) is 0. The molecule has 0 unspecified atom stereocenters. The Kier molecular flexibility index (Phi) is 5.85. The van der Waals surface area contributed by atoms with E-state index in [1.54, 1.807) is 4.90 Å². The highest BCUT2D eigenvalue weighted by Crippen LogP contribution is 2.23. The molecule has 0 aliphatic rings. The molecule has 0 N–H and O–H groups in total. The molecule has 0 bridgehead atoms. The zero-order chi connectivity index (χ0) is 17.0. The van der Waals surface area contributed by atoms with Crippen LogP contribution < -0.4 is 4.74 Å². The second-order valence-electron chi connectivity index (χ2n) is 6.36. The largest absolute Gasteiger partial charge is 0.573 e. The number of hydrogen-bond acceptors (Lipinski definition) is 2. The van der Waals surface area contributed by atoms with Crippen molar-refractivity contribution in [1.82, 2.24) is 4.90 Å². The highest BCUT2D eigenvalue weighted by Gasteiger charge is 2.31. The van der Waals surface area contributed by atoms with E-state index < -0.39 is 6.36 Å². The second kappa shape index (κ2) is 7.03. The second-order valence-corrected chi connectivity index (χ2v) is 6.36. The van der Waals surface area contributed by atoms with Crippen molar-refractivity contribution < 1.29 is 22.7 Å². The van der Waals surface area contributed by atoms with Gasteiger partial charge in [-0.2, -0.15) is 0 Å². The van der Waals surface area contributed by atoms with Gasteiger partial charge in [-0.1, -0.05) is 27.7 Å². The molecule has 0 fully saturated rings. The highest BCUT2D eigenvalue weighted by atomic mass is 19.4. The molecule has 0 heterocycles. The number of alkyl halides is 3. The lowest BCUT2D eigenvalue weighted by molar-refractivity contribution is -0.274. The van der Waals surface area contributed by atoms with Gasteiger partial charge in [-0.05, 0) is 36.1 Å². The van der Waals surface area contributed by atoms with Crippen LogP contribution in [0.25, 0.3) is 0 Å². The van der Waals surface area contributed by atoms with E-state index in [1.807, 2.05) is 27.7 Å². The Morgan fingerprint density at radius 1 is 1.14 bits per heavy atom. The normalized spacial score (nSPS) is 12.1. The van der Waals surface area contributed by atoms with Gasteiger partial charge in [-0.3, -0.25) is 4.79 Å². The van der Waals surface area contributed by atoms with Gasteiger partial charge in [0.15, 0.2) is 0 Å². The zero-order valence-electron chi connectivity index (χ0n) is 13.3. The SMILES string of the molecule is CCCN(CC(C)(C)C)C(=O)c1ccc(OC(F)(F)F)cc1. The summed E-state index contributed by atoms with van der Waals surface area (Å²) in [6, 6.07) is 5.02. The predicted octanol–water partition coefficient (Wildman–Crippen LogP) is 4.48. The van der Waals surface area contributed by atoms with Crippen molar-refractivity contribution in [3.63, 3.8) is 0 Å². The predicted molar refractivity (Wildman–Crippen MR) is 78.8 cm³/mol. The molecule has 6 heteroatoms. The summed E-state index contributed by atoms with van der Waals surface area (Å²) < 4.78 is 40.2. The number of ether oxygens (including phenoxy) is 1. The first kappa shape index (κ1) is 18.3. The summed E-state index contributed by atoms with van der Waals surface area (Å²) in [5, 5.41) is 0. The van der Waals surface area contributed by atoms with Crippen LogP contribution in [0.15, 0.2) is 24.3 Å². The van der Waals surface area contributed by atoms with E-state index in [4.69, 9.17) is 0 Å². The standard InChI is InChI=1S/C16H22F3NO2/c1-5-10-20(11-15(2,3)4)14(21)12-6-8-13(9-7-12)22-16(17,18)19/h6-9H,5,10-11H2,1-4H3. The van der Waals surface area contributed by atoms with E-state index >= 15 is 0 Å². The van der Waals surface area contributed by atoms with Gasteiger partial charge in [0.05, 0.1) is 0 Å². The number of rotatable bonds is 5. The molecule has 0 aliphatic heterocycles. The van der Waals surface area contributed by atoms with Crippen LogP contribution in [0.3, 0.4) is 0 Å². The van der Waals surface area contributed by atoms with E-state index in [2.05, 4.69) is 4.74 Å². The maximum atomic E-state index is 12.5. The van der Waals surface area contributed by atoms with Gasteiger partial charge >= 0.3 is 6.36 Å². The van der Waals surface area contributed by atoms with Crippen molar-refractivity contribution >= 4 is 5.91 Å². The van der Waals surface area contributed by atoms with Gasteiger partial charge in [0.25, 0.3) is 5.91 Å². The number of benzene rings is 1. The summed E-state index contributed by atoms with van der Waals surface area (Å²) >= 11 is 0. The summed E-state index contributed by atoms with van der Waals surface area (Å²) in [6.45, 7) is 9.26. The van der Waals surface area contributed by atoms with Gasteiger partial charge in [-0.15, -0.1) is 13.2 Å². The van der Waals surface area contributed by atoms with Crippen LogP contribution in [0.2, 0.25) is 0 Å². The summed E-state index contributed by atoms with van der Waals surface area (Å²) in [5.41, 5.74) is 0.302. The Labute approximate surface area is 129 Å². The van der Waals surface area contributed by atoms with Crippen LogP contribution in [0, 0.1) is 5.41 Å². The molecule has 1 aromatic rings. The monoisotopic (exact) mass is 317 g/mol. The third-order valence-electron chi connectivity index (χ3n) is 2.78. The van der Waals surface area contributed by atoms with Crippen molar-refractivity contribution in [1.29, 1.82) is 0 Å². The summed E-state index contributed by atoms with van der Waals surface area (Å²) in [5.74, 6) is -0.516. The third kappa shape index (κ3) is 6.37. The minimum atomic E-state index is -4.73. The fraction of sp³-hybridized carbons (Fsp3) is 0.562. The van der Waals surface area contributed by atoms with E-state index in [9.17, 15) is 18.0 Å².